The molecule has 0 unspecified atom stereocenters. The van der Waals surface area contributed by atoms with Crippen LogP contribution in [0.15, 0.2) is 24.3 Å². The summed E-state index contributed by atoms with van der Waals surface area (Å²) in [6, 6.07) is 7.89. The van der Waals surface area contributed by atoms with Crippen LogP contribution in [0.25, 0.3) is 0 Å². The number of hydrogen-bond acceptors (Lipinski definition) is 2. The van der Waals surface area contributed by atoms with Gasteiger partial charge in [-0.1, -0.05) is 19.1 Å². The van der Waals surface area contributed by atoms with E-state index < -0.39 is 11.4 Å². The summed E-state index contributed by atoms with van der Waals surface area (Å²) in [5.41, 5.74) is 0.488. The van der Waals surface area contributed by atoms with Gasteiger partial charge in [0.15, 0.2) is 0 Å². The average Bonchev–Trinajstić information content (AvgIpc) is 2.29. The number of benzene rings is 1. The number of aliphatic carboxylic acids is 1. The fourth-order valence-electron chi connectivity index (χ4n) is 1.39. The topological polar surface area (TPSA) is 46.5 Å². The molecule has 0 saturated heterocycles. The molecule has 3 heteroatoms. The molecule has 0 radical (unpaired) electrons. The van der Waals surface area contributed by atoms with Crippen LogP contribution < -0.4 is 4.74 Å². The Hall–Kier alpha value is -1.51. The summed E-state index contributed by atoms with van der Waals surface area (Å²) in [5, 5.41) is 8.97. The molecule has 0 atom stereocenters. The first-order valence-corrected chi connectivity index (χ1v) is 5.91. The molecule has 1 aromatic rings. The number of aryl methyl sites for hydroxylation is 1. The van der Waals surface area contributed by atoms with Crippen LogP contribution in [0.4, 0.5) is 0 Å². The van der Waals surface area contributed by atoms with Crippen LogP contribution >= 0.6 is 0 Å². The van der Waals surface area contributed by atoms with Crippen LogP contribution in [0.3, 0.4) is 0 Å². The average molecular weight is 236 g/mol. The van der Waals surface area contributed by atoms with E-state index >= 15 is 0 Å². The molecule has 0 spiro atoms. The zero-order valence-corrected chi connectivity index (χ0v) is 10.7. The van der Waals surface area contributed by atoms with Crippen molar-refractivity contribution in [2.24, 2.45) is 5.41 Å². The summed E-state index contributed by atoms with van der Waals surface area (Å²) in [6.45, 7) is 5.93. The van der Waals surface area contributed by atoms with Crippen molar-refractivity contribution < 1.29 is 14.6 Å². The van der Waals surface area contributed by atoms with Crippen molar-refractivity contribution in [2.45, 2.75) is 33.6 Å². The Morgan fingerprint density at radius 3 is 2.71 bits per heavy atom. The van der Waals surface area contributed by atoms with Crippen LogP contribution in [0.1, 0.15) is 32.8 Å². The molecular weight excluding hydrogens is 216 g/mol. The van der Waals surface area contributed by atoms with Gasteiger partial charge in [0, 0.05) is 0 Å². The predicted molar refractivity (Wildman–Crippen MR) is 67.3 cm³/mol. The quantitative estimate of drug-likeness (QED) is 0.825. The third-order valence-electron chi connectivity index (χ3n) is 2.88. The Morgan fingerprint density at radius 2 is 2.12 bits per heavy atom. The van der Waals surface area contributed by atoms with Crippen molar-refractivity contribution in [3.05, 3.63) is 29.8 Å². The number of carboxylic acids is 1. The molecule has 1 rings (SSSR count). The van der Waals surface area contributed by atoms with E-state index in [1.165, 1.54) is 5.56 Å². The standard InChI is InChI=1S/C14H20O3/c1-4-11-6-5-7-12(10-11)17-9-8-14(2,3)13(15)16/h5-7,10H,4,8-9H2,1-3H3,(H,15,16). The van der Waals surface area contributed by atoms with Crippen LogP contribution in [0.5, 0.6) is 5.75 Å². The van der Waals surface area contributed by atoms with E-state index in [9.17, 15) is 4.79 Å². The fourth-order valence-corrected chi connectivity index (χ4v) is 1.39. The van der Waals surface area contributed by atoms with E-state index in [1.807, 2.05) is 24.3 Å². The van der Waals surface area contributed by atoms with E-state index in [-0.39, 0.29) is 0 Å². The summed E-state index contributed by atoms with van der Waals surface area (Å²) in [5.74, 6) is 0.0222. The molecule has 0 heterocycles. The molecule has 0 fully saturated rings. The molecule has 94 valence electrons. The van der Waals surface area contributed by atoms with Crippen molar-refractivity contribution in [3.63, 3.8) is 0 Å². The molecule has 0 aliphatic heterocycles. The molecule has 0 aliphatic carbocycles. The molecular formula is C14H20O3. The highest BCUT2D eigenvalue weighted by Crippen LogP contribution is 2.21. The molecule has 1 aromatic carbocycles. The van der Waals surface area contributed by atoms with Gasteiger partial charge in [0.1, 0.15) is 5.75 Å². The smallest absolute Gasteiger partial charge is 0.309 e. The highest BCUT2D eigenvalue weighted by Gasteiger charge is 2.26. The minimum absolute atomic E-state index is 0.423. The highest BCUT2D eigenvalue weighted by molar-refractivity contribution is 5.73. The van der Waals surface area contributed by atoms with E-state index in [4.69, 9.17) is 9.84 Å². The van der Waals surface area contributed by atoms with Gasteiger partial charge < -0.3 is 9.84 Å². The normalized spacial score (nSPS) is 11.2. The van der Waals surface area contributed by atoms with Crippen molar-refractivity contribution in [2.75, 3.05) is 6.61 Å². The molecule has 0 aromatic heterocycles. The van der Waals surface area contributed by atoms with Crippen molar-refractivity contribution in [1.29, 1.82) is 0 Å². The van der Waals surface area contributed by atoms with Gasteiger partial charge in [-0.15, -0.1) is 0 Å². The maximum atomic E-state index is 10.9. The Morgan fingerprint density at radius 1 is 1.41 bits per heavy atom. The van der Waals surface area contributed by atoms with Gasteiger partial charge in [-0.2, -0.15) is 0 Å². The van der Waals surface area contributed by atoms with Crippen molar-refractivity contribution in [1.82, 2.24) is 0 Å². The summed E-state index contributed by atoms with van der Waals surface area (Å²) in [4.78, 5) is 10.9. The first-order chi connectivity index (χ1) is 7.95. The fraction of sp³-hybridized carbons (Fsp3) is 0.500. The van der Waals surface area contributed by atoms with E-state index in [1.54, 1.807) is 13.8 Å². The Balaban J connectivity index is 2.48. The lowest BCUT2D eigenvalue weighted by Gasteiger charge is -2.19. The van der Waals surface area contributed by atoms with Gasteiger partial charge in [0.05, 0.1) is 12.0 Å². The first kappa shape index (κ1) is 13.6. The molecule has 0 saturated carbocycles. The highest BCUT2D eigenvalue weighted by atomic mass is 16.5. The van der Waals surface area contributed by atoms with Crippen LogP contribution in [0, 0.1) is 5.41 Å². The summed E-state index contributed by atoms with van der Waals surface area (Å²) < 4.78 is 5.57. The maximum Gasteiger partial charge on any atom is 0.309 e. The largest absolute Gasteiger partial charge is 0.494 e. The zero-order chi connectivity index (χ0) is 12.9. The molecule has 0 bridgehead atoms. The second-order valence-corrected chi connectivity index (χ2v) is 4.79. The molecule has 3 nitrogen and oxygen atoms in total. The lowest BCUT2D eigenvalue weighted by atomic mass is 9.90. The number of carboxylic acid groups (broad SMARTS) is 1. The van der Waals surface area contributed by atoms with Gasteiger partial charge in [-0.25, -0.2) is 0 Å². The van der Waals surface area contributed by atoms with E-state index in [0.717, 1.165) is 12.2 Å². The number of carbonyl (C=O) groups is 1. The number of hydrogen-bond donors (Lipinski definition) is 1. The third-order valence-corrected chi connectivity index (χ3v) is 2.88. The van der Waals surface area contributed by atoms with E-state index in [2.05, 4.69) is 6.92 Å². The third kappa shape index (κ3) is 4.10. The monoisotopic (exact) mass is 236 g/mol. The second kappa shape index (κ2) is 5.71. The maximum absolute atomic E-state index is 10.9. The Labute approximate surface area is 102 Å². The van der Waals surface area contributed by atoms with Gasteiger partial charge in [-0.3, -0.25) is 4.79 Å². The van der Waals surface area contributed by atoms with Crippen molar-refractivity contribution in [3.8, 4) is 5.75 Å². The minimum Gasteiger partial charge on any atom is -0.494 e. The summed E-state index contributed by atoms with van der Waals surface area (Å²) in [6.07, 6.45) is 1.47. The van der Waals surface area contributed by atoms with Gasteiger partial charge in [-0.05, 0) is 44.4 Å². The van der Waals surface area contributed by atoms with Gasteiger partial charge >= 0.3 is 5.97 Å². The molecule has 0 amide bonds. The molecule has 0 aliphatic rings. The predicted octanol–water partition coefficient (Wildman–Crippen LogP) is 3.13. The minimum atomic E-state index is -0.789. The van der Waals surface area contributed by atoms with Gasteiger partial charge in [0.2, 0.25) is 0 Å². The number of ether oxygens (including phenoxy) is 1. The lowest BCUT2D eigenvalue weighted by Crippen LogP contribution is -2.25. The van der Waals surface area contributed by atoms with Crippen molar-refractivity contribution >= 4 is 5.97 Å². The summed E-state index contributed by atoms with van der Waals surface area (Å²) >= 11 is 0. The van der Waals surface area contributed by atoms with Crippen LogP contribution in [0.2, 0.25) is 0 Å². The Bertz CT molecular complexity index is 383. The zero-order valence-electron chi connectivity index (χ0n) is 10.7. The Kier molecular flexibility index (Phi) is 4.55. The molecule has 1 N–H and O–H groups in total. The second-order valence-electron chi connectivity index (χ2n) is 4.79. The van der Waals surface area contributed by atoms with Crippen LogP contribution in [-0.4, -0.2) is 17.7 Å². The van der Waals surface area contributed by atoms with E-state index in [0.29, 0.717) is 13.0 Å². The number of rotatable bonds is 6. The first-order valence-electron chi connectivity index (χ1n) is 5.91. The molecule has 17 heavy (non-hydrogen) atoms. The SMILES string of the molecule is CCc1cccc(OCCC(C)(C)C(=O)O)c1. The lowest BCUT2D eigenvalue weighted by molar-refractivity contribution is -0.147. The summed E-state index contributed by atoms with van der Waals surface area (Å²) in [7, 11) is 0. The van der Waals surface area contributed by atoms with Gasteiger partial charge in [0.25, 0.3) is 0 Å². The van der Waals surface area contributed by atoms with Crippen LogP contribution in [-0.2, 0) is 11.2 Å².